The molecule has 9 heteroatoms. The fourth-order valence-electron chi connectivity index (χ4n) is 2.80. The summed E-state index contributed by atoms with van der Waals surface area (Å²) in [4.78, 5) is 36.3. The van der Waals surface area contributed by atoms with Crippen molar-refractivity contribution in [1.82, 2.24) is 9.47 Å². The first-order valence-electron chi connectivity index (χ1n) is 8.49. The molecule has 9 nitrogen and oxygen atoms in total. The molecule has 2 aromatic rings. The highest BCUT2D eigenvalue weighted by Gasteiger charge is 2.25. The second kappa shape index (κ2) is 7.90. The molecule has 142 valence electrons. The second-order valence-corrected chi connectivity index (χ2v) is 6.04. The molecule has 0 bridgehead atoms. The van der Waals surface area contributed by atoms with Gasteiger partial charge in [-0.1, -0.05) is 12.1 Å². The van der Waals surface area contributed by atoms with E-state index in [1.54, 1.807) is 6.07 Å². The minimum atomic E-state index is -0.608. The van der Waals surface area contributed by atoms with E-state index < -0.39 is 10.5 Å². The molecule has 1 aliphatic heterocycles. The summed E-state index contributed by atoms with van der Waals surface area (Å²) in [6, 6.07) is 9.48. The Kier molecular flexibility index (Phi) is 5.39. The number of amides is 1. The van der Waals surface area contributed by atoms with Crippen molar-refractivity contribution in [2.24, 2.45) is 0 Å². The SMILES string of the molecule is CCN(CC1COc2ccccc2O1)C(=O)Cn1cc([N+](=O)[O-])ccc1=O. The predicted molar refractivity (Wildman–Crippen MR) is 96.0 cm³/mol. The third-order valence-corrected chi connectivity index (χ3v) is 4.21. The number of rotatable bonds is 6. The summed E-state index contributed by atoms with van der Waals surface area (Å²) >= 11 is 0. The lowest BCUT2D eigenvalue weighted by molar-refractivity contribution is -0.385. The molecule has 1 atom stereocenters. The molecule has 1 aromatic heterocycles. The van der Waals surface area contributed by atoms with E-state index in [0.717, 1.165) is 22.9 Å². The molecular formula is C18H19N3O6. The van der Waals surface area contributed by atoms with Gasteiger partial charge in [-0.25, -0.2) is 0 Å². The quantitative estimate of drug-likeness (QED) is 0.561. The number of likely N-dealkylation sites (N-methyl/N-ethyl adjacent to an activating group) is 1. The summed E-state index contributed by atoms with van der Waals surface area (Å²) in [5.74, 6) is 0.945. The van der Waals surface area contributed by atoms with Crippen LogP contribution in [-0.4, -0.2) is 46.1 Å². The Morgan fingerprint density at radius 3 is 2.74 bits per heavy atom. The van der Waals surface area contributed by atoms with Crippen LogP contribution in [0.3, 0.4) is 0 Å². The molecule has 1 aliphatic rings. The minimum absolute atomic E-state index is 0.244. The predicted octanol–water partition coefficient (Wildman–Crippen LogP) is 1.45. The van der Waals surface area contributed by atoms with Gasteiger partial charge in [-0.2, -0.15) is 0 Å². The van der Waals surface area contributed by atoms with Crippen molar-refractivity contribution in [3.05, 3.63) is 63.1 Å². The Morgan fingerprint density at radius 2 is 2.04 bits per heavy atom. The number of para-hydroxylation sites is 2. The van der Waals surface area contributed by atoms with Crippen molar-refractivity contribution in [2.45, 2.75) is 19.6 Å². The monoisotopic (exact) mass is 373 g/mol. The lowest BCUT2D eigenvalue weighted by Crippen LogP contribution is -2.45. The number of pyridine rings is 1. The number of benzene rings is 1. The lowest BCUT2D eigenvalue weighted by atomic mass is 10.2. The molecule has 27 heavy (non-hydrogen) atoms. The number of aromatic nitrogens is 1. The highest BCUT2D eigenvalue weighted by Crippen LogP contribution is 2.31. The van der Waals surface area contributed by atoms with Crippen molar-refractivity contribution < 1.29 is 19.2 Å². The number of carbonyl (C=O) groups is 1. The molecule has 0 N–H and O–H groups in total. The summed E-state index contributed by atoms with van der Waals surface area (Å²) in [5.41, 5.74) is -0.720. The molecule has 1 amide bonds. The fourth-order valence-corrected chi connectivity index (χ4v) is 2.80. The number of ether oxygens (including phenoxy) is 2. The van der Waals surface area contributed by atoms with Gasteiger partial charge in [-0.3, -0.25) is 24.3 Å². The van der Waals surface area contributed by atoms with Crippen LogP contribution in [0, 0.1) is 10.1 Å². The maximum Gasteiger partial charge on any atom is 0.285 e. The summed E-state index contributed by atoms with van der Waals surface area (Å²) in [5, 5.41) is 10.9. The van der Waals surface area contributed by atoms with E-state index in [9.17, 15) is 19.7 Å². The highest BCUT2D eigenvalue weighted by molar-refractivity contribution is 5.76. The van der Waals surface area contributed by atoms with Crippen molar-refractivity contribution in [3.8, 4) is 11.5 Å². The first kappa shape index (κ1) is 18.4. The van der Waals surface area contributed by atoms with Crippen LogP contribution in [0.4, 0.5) is 5.69 Å². The number of hydrogen-bond acceptors (Lipinski definition) is 6. The van der Waals surface area contributed by atoms with Crippen molar-refractivity contribution in [3.63, 3.8) is 0 Å². The third-order valence-electron chi connectivity index (χ3n) is 4.21. The normalized spacial score (nSPS) is 15.2. The van der Waals surface area contributed by atoms with Gasteiger partial charge in [0, 0.05) is 18.7 Å². The van der Waals surface area contributed by atoms with Crippen LogP contribution < -0.4 is 15.0 Å². The van der Waals surface area contributed by atoms with E-state index in [0.29, 0.717) is 24.7 Å². The first-order chi connectivity index (χ1) is 13.0. The molecule has 0 saturated heterocycles. The summed E-state index contributed by atoms with van der Waals surface area (Å²) in [6.45, 7) is 2.53. The van der Waals surface area contributed by atoms with E-state index in [4.69, 9.17) is 9.47 Å². The average molecular weight is 373 g/mol. The van der Waals surface area contributed by atoms with Gasteiger partial charge in [0.05, 0.1) is 17.7 Å². The van der Waals surface area contributed by atoms with Crippen molar-refractivity contribution >= 4 is 11.6 Å². The standard InChI is InChI=1S/C18H19N3O6/c1-2-19(10-14-12-26-15-5-3-4-6-16(15)27-14)18(23)11-20-9-13(21(24)25)7-8-17(20)22/h3-9,14H,2,10-12H2,1H3. The Labute approximate surface area is 154 Å². The topological polar surface area (TPSA) is 104 Å². The number of carbonyl (C=O) groups excluding carboxylic acids is 1. The molecule has 0 radical (unpaired) electrons. The molecule has 0 fully saturated rings. The van der Waals surface area contributed by atoms with Crippen LogP contribution in [0.15, 0.2) is 47.4 Å². The molecule has 3 rings (SSSR count). The van der Waals surface area contributed by atoms with Gasteiger partial charge in [0.25, 0.3) is 11.2 Å². The maximum atomic E-state index is 12.6. The van der Waals surface area contributed by atoms with Crippen LogP contribution in [0.5, 0.6) is 11.5 Å². The van der Waals surface area contributed by atoms with Crippen LogP contribution in [0.2, 0.25) is 0 Å². The van der Waals surface area contributed by atoms with Gasteiger partial charge < -0.3 is 14.4 Å². The number of nitrogens with zero attached hydrogens (tertiary/aromatic N) is 3. The van der Waals surface area contributed by atoms with Crippen molar-refractivity contribution in [2.75, 3.05) is 19.7 Å². The molecule has 0 saturated carbocycles. The van der Waals surface area contributed by atoms with E-state index >= 15 is 0 Å². The summed E-state index contributed by atoms with van der Waals surface area (Å²) in [6.07, 6.45) is 0.732. The lowest BCUT2D eigenvalue weighted by Gasteiger charge is -2.31. The molecule has 2 heterocycles. The third kappa shape index (κ3) is 4.25. The maximum absolute atomic E-state index is 12.6. The molecule has 0 spiro atoms. The van der Waals surface area contributed by atoms with Gasteiger partial charge in [-0.05, 0) is 19.1 Å². The van der Waals surface area contributed by atoms with Gasteiger partial charge in [-0.15, -0.1) is 0 Å². The molecule has 1 unspecified atom stereocenters. The number of nitro groups is 1. The summed E-state index contributed by atoms with van der Waals surface area (Å²) in [7, 11) is 0. The zero-order chi connectivity index (χ0) is 19.4. The Morgan fingerprint density at radius 1 is 1.30 bits per heavy atom. The fraction of sp³-hybridized carbons (Fsp3) is 0.333. The zero-order valence-corrected chi connectivity index (χ0v) is 14.7. The second-order valence-electron chi connectivity index (χ2n) is 6.04. The van der Waals surface area contributed by atoms with Crippen molar-refractivity contribution in [1.29, 1.82) is 0 Å². The molecule has 0 aliphatic carbocycles. The van der Waals surface area contributed by atoms with Crippen LogP contribution in [-0.2, 0) is 11.3 Å². The van der Waals surface area contributed by atoms with E-state index in [1.807, 2.05) is 25.1 Å². The molecular weight excluding hydrogens is 354 g/mol. The van der Waals surface area contributed by atoms with E-state index in [-0.39, 0.29) is 30.8 Å². The van der Waals surface area contributed by atoms with Crippen LogP contribution >= 0.6 is 0 Å². The van der Waals surface area contributed by atoms with Gasteiger partial charge >= 0.3 is 0 Å². The Hall–Kier alpha value is -3.36. The Balaban J connectivity index is 1.68. The highest BCUT2D eigenvalue weighted by atomic mass is 16.6. The molecule has 1 aromatic carbocycles. The van der Waals surface area contributed by atoms with Crippen LogP contribution in [0.1, 0.15) is 6.92 Å². The van der Waals surface area contributed by atoms with Gasteiger partial charge in [0.1, 0.15) is 13.2 Å². The van der Waals surface area contributed by atoms with Gasteiger partial charge in [0.2, 0.25) is 5.91 Å². The smallest absolute Gasteiger partial charge is 0.285 e. The minimum Gasteiger partial charge on any atom is -0.486 e. The zero-order valence-electron chi connectivity index (χ0n) is 14.7. The number of hydrogen-bond donors (Lipinski definition) is 0. The summed E-state index contributed by atoms with van der Waals surface area (Å²) < 4.78 is 12.5. The Bertz CT molecular complexity index is 910. The largest absolute Gasteiger partial charge is 0.486 e. The van der Waals surface area contributed by atoms with Crippen LogP contribution in [0.25, 0.3) is 0 Å². The average Bonchev–Trinajstić information content (AvgIpc) is 2.67. The first-order valence-corrected chi connectivity index (χ1v) is 8.49. The van der Waals surface area contributed by atoms with E-state index in [2.05, 4.69) is 0 Å². The number of fused-ring (bicyclic) bond motifs is 1. The van der Waals surface area contributed by atoms with Gasteiger partial charge in [0.15, 0.2) is 17.6 Å². The van der Waals surface area contributed by atoms with E-state index in [1.165, 1.54) is 4.90 Å².